The van der Waals surface area contributed by atoms with Gasteiger partial charge in [0.05, 0.1) is 15.2 Å². The summed E-state index contributed by atoms with van der Waals surface area (Å²) in [5.41, 5.74) is 1.38. The van der Waals surface area contributed by atoms with Gasteiger partial charge < -0.3 is 5.21 Å². The molecule has 0 bridgehead atoms. The summed E-state index contributed by atoms with van der Waals surface area (Å²) in [7, 11) is 0. The van der Waals surface area contributed by atoms with E-state index in [1.54, 1.807) is 12.1 Å². The van der Waals surface area contributed by atoms with Crippen LogP contribution in [0.5, 0.6) is 0 Å². The first-order valence-corrected chi connectivity index (χ1v) is 6.18. The van der Waals surface area contributed by atoms with E-state index < -0.39 is 0 Å². The van der Waals surface area contributed by atoms with Crippen LogP contribution in [0.25, 0.3) is 20.9 Å². The van der Waals surface area contributed by atoms with Gasteiger partial charge in [-0.25, -0.2) is 4.98 Å². The first kappa shape index (κ1) is 10.5. The zero-order chi connectivity index (χ0) is 11.8. The average molecular weight is 263 g/mol. The summed E-state index contributed by atoms with van der Waals surface area (Å²) in [6.45, 7) is 0. The van der Waals surface area contributed by atoms with Gasteiger partial charge in [0.25, 0.3) is 5.69 Å². The van der Waals surface area contributed by atoms with Gasteiger partial charge in [0.15, 0.2) is 11.2 Å². The normalized spacial score (nSPS) is 10.9. The van der Waals surface area contributed by atoms with Crippen molar-refractivity contribution in [2.24, 2.45) is 0 Å². The van der Waals surface area contributed by atoms with E-state index in [1.807, 2.05) is 24.3 Å². The predicted octanol–water partition coefficient (Wildman–Crippen LogP) is 3.25. The largest absolute Gasteiger partial charge is 0.618 e. The minimum absolute atomic E-state index is 0.485. The number of pyridine rings is 1. The van der Waals surface area contributed by atoms with Gasteiger partial charge >= 0.3 is 0 Å². The Morgan fingerprint density at radius 1 is 1.24 bits per heavy atom. The molecule has 0 saturated carbocycles. The fraction of sp³-hybridized carbons (Fsp3) is 0. The third-order valence-electron chi connectivity index (χ3n) is 2.39. The minimum atomic E-state index is 0.485. The highest BCUT2D eigenvalue weighted by Crippen LogP contribution is 2.28. The monoisotopic (exact) mass is 262 g/mol. The van der Waals surface area contributed by atoms with Gasteiger partial charge in [0.2, 0.25) is 0 Å². The maximum absolute atomic E-state index is 11.7. The van der Waals surface area contributed by atoms with E-state index in [0.717, 1.165) is 14.9 Å². The minimum Gasteiger partial charge on any atom is -0.618 e. The molecular weight excluding hydrogens is 256 g/mol. The van der Waals surface area contributed by atoms with Gasteiger partial charge in [0, 0.05) is 12.1 Å². The summed E-state index contributed by atoms with van der Waals surface area (Å²) in [6.07, 6.45) is 1.39. The number of halogens is 1. The lowest BCUT2D eigenvalue weighted by Crippen LogP contribution is -2.27. The number of fused-ring (bicyclic) bond motifs is 1. The van der Waals surface area contributed by atoms with E-state index in [1.165, 1.54) is 17.5 Å². The van der Waals surface area contributed by atoms with Crippen molar-refractivity contribution >= 4 is 33.2 Å². The van der Waals surface area contributed by atoms with E-state index in [2.05, 4.69) is 4.98 Å². The number of hydrogen-bond acceptors (Lipinski definition) is 3. The summed E-state index contributed by atoms with van der Waals surface area (Å²) in [5, 5.41) is 12.9. The van der Waals surface area contributed by atoms with Crippen molar-refractivity contribution in [3.8, 4) is 10.7 Å². The Kier molecular flexibility index (Phi) is 2.46. The molecule has 3 nitrogen and oxygen atoms in total. The third-order valence-corrected chi connectivity index (χ3v) is 3.69. The Hall–Kier alpha value is -1.65. The number of hydrogen-bond donors (Lipinski definition) is 0. The topological polar surface area (TPSA) is 39.8 Å². The standard InChI is InChI=1S/C12H7ClN2OS/c13-8-5-6-15(16)10(7-8)12-14-9-3-1-2-4-11(9)17-12/h1-7H. The van der Waals surface area contributed by atoms with Gasteiger partial charge in [-0.2, -0.15) is 4.73 Å². The molecule has 0 atom stereocenters. The maximum atomic E-state index is 11.7. The molecule has 5 heteroatoms. The smallest absolute Gasteiger partial charge is 0.254 e. The zero-order valence-corrected chi connectivity index (χ0v) is 10.2. The van der Waals surface area contributed by atoms with Crippen LogP contribution in [0.2, 0.25) is 5.02 Å². The van der Waals surface area contributed by atoms with Crippen LogP contribution in [0.4, 0.5) is 0 Å². The van der Waals surface area contributed by atoms with Gasteiger partial charge in [0.1, 0.15) is 0 Å². The molecule has 3 rings (SSSR count). The van der Waals surface area contributed by atoms with Crippen LogP contribution in [0.15, 0.2) is 42.6 Å². The highest BCUT2D eigenvalue weighted by molar-refractivity contribution is 7.21. The summed E-state index contributed by atoms with van der Waals surface area (Å²) < 4.78 is 1.84. The van der Waals surface area contributed by atoms with Crippen LogP contribution in [0.1, 0.15) is 0 Å². The fourth-order valence-corrected chi connectivity index (χ4v) is 2.73. The van der Waals surface area contributed by atoms with E-state index in [4.69, 9.17) is 11.6 Å². The molecule has 84 valence electrons. The van der Waals surface area contributed by atoms with Crippen molar-refractivity contribution in [2.45, 2.75) is 0 Å². The summed E-state index contributed by atoms with van der Waals surface area (Å²) in [4.78, 5) is 4.42. The molecule has 17 heavy (non-hydrogen) atoms. The van der Waals surface area contributed by atoms with Crippen LogP contribution in [0, 0.1) is 5.21 Å². The Balaban J connectivity index is 2.23. The van der Waals surface area contributed by atoms with Gasteiger partial charge in [-0.05, 0) is 12.1 Å². The van der Waals surface area contributed by atoms with E-state index >= 15 is 0 Å². The van der Waals surface area contributed by atoms with Gasteiger partial charge in [-0.3, -0.25) is 0 Å². The van der Waals surface area contributed by atoms with Crippen molar-refractivity contribution < 1.29 is 4.73 Å². The van der Waals surface area contributed by atoms with Crippen molar-refractivity contribution in [2.75, 3.05) is 0 Å². The Morgan fingerprint density at radius 2 is 2.06 bits per heavy atom. The molecule has 0 aliphatic carbocycles. The summed E-state index contributed by atoms with van der Waals surface area (Å²) in [5.74, 6) is 0. The van der Waals surface area contributed by atoms with E-state index in [9.17, 15) is 5.21 Å². The molecule has 0 saturated heterocycles. The van der Waals surface area contributed by atoms with Crippen LogP contribution < -0.4 is 4.73 Å². The quantitative estimate of drug-likeness (QED) is 0.499. The summed E-state index contributed by atoms with van der Waals surface area (Å²) in [6, 6.07) is 11.0. The first-order valence-electron chi connectivity index (χ1n) is 4.99. The fourth-order valence-electron chi connectivity index (χ4n) is 1.60. The molecule has 0 amide bonds. The molecule has 0 aliphatic rings. The highest BCUT2D eigenvalue weighted by Gasteiger charge is 2.14. The van der Waals surface area contributed by atoms with Crippen molar-refractivity contribution in [3.63, 3.8) is 0 Å². The number of nitrogens with zero attached hydrogens (tertiary/aromatic N) is 2. The molecule has 0 fully saturated rings. The number of benzene rings is 1. The van der Waals surface area contributed by atoms with Gasteiger partial charge in [-0.1, -0.05) is 23.7 Å². The molecule has 0 N–H and O–H groups in total. The number of thiazole rings is 1. The molecule has 2 aromatic heterocycles. The molecule has 3 aromatic rings. The summed E-state index contributed by atoms with van der Waals surface area (Å²) >= 11 is 7.37. The number of rotatable bonds is 1. The lowest BCUT2D eigenvalue weighted by molar-refractivity contribution is -0.593. The Labute approximate surface area is 107 Å². The van der Waals surface area contributed by atoms with E-state index in [0.29, 0.717) is 15.7 Å². The molecule has 0 radical (unpaired) electrons. The maximum Gasteiger partial charge on any atom is 0.254 e. The molecule has 2 heterocycles. The molecular formula is C12H7ClN2OS. The second-order valence-electron chi connectivity index (χ2n) is 3.54. The second-order valence-corrected chi connectivity index (χ2v) is 5.01. The molecule has 0 spiro atoms. The highest BCUT2D eigenvalue weighted by atomic mass is 35.5. The third kappa shape index (κ3) is 1.85. The lowest BCUT2D eigenvalue weighted by Gasteiger charge is -2.00. The molecule has 1 aromatic carbocycles. The van der Waals surface area contributed by atoms with Crippen LogP contribution >= 0.6 is 22.9 Å². The van der Waals surface area contributed by atoms with Crippen molar-refractivity contribution in [1.82, 2.24) is 4.98 Å². The Bertz CT molecular complexity index is 663. The second kappa shape index (κ2) is 3.98. The molecule has 0 aliphatic heterocycles. The van der Waals surface area contributed by atoms with Crippen LogP contribution in [-0.4, -0.2) is 4.98 Å². The first-order chi connectivity index (χ1) is 8.24. The molecule has 0 unspecified atom stereocenters. The lowest BCUT2D eigenvalue weighted by atomic mass is 10.3. The Morgan fingerprint density at radius 3 is 2.88 bits per heavy atom. The number of para-hydroxylation sites is 1. The zero-order valence-electron chi connectivity index (χ0n) is 8.63. The van der Waals surface area contributed by atoms with Gasteiger partial charge in [-0.15, -0.1) is 11.3 Å². The van der Waals surface area contributed by atoms with Crippen LogP contribution in [0.3, 0.4) is 0 Å². The average Bonchev–Trinajstić information content (AvgIpc) is 2.75. The van der Waals surface area contributed by atoms with Crippen molar-refractivity contribution in [3.05, 3.63) is 52.8 Å². The van der Waals surface area contributed by atoms with E-state index in [-0.39, 0.29) is 0 Å². The van der Waals surface area contributed by atoms with Crippen LogP contribution in [-0.2, 0) is 0 Å². The number of aromatic nitrogens is 2. The predicted molar refractivity (Wildman–Crippen MR) is 69.0 cm³/mol. The van der Waals surface area contributed by atoms with Crippen molar-refractivity contribution in [1.29, 1.82) is 0 Å². The SMILES string of the molecule is [O-][n+]1ccc(Cl)cc1-c1nc2ccccc2s1.